The topological polar surface area (TPSA) is 20.2 Å². The molecule has 0 aliphatic heterocycles. The lowest BCUT2D eigenvalue weighted by atomic mass is 9.69. The predicted molar refractivity (Wildman–Crippen MR) is 82.0 cm³/mol. The molecule has 0 bridgehead atoms. The highest BCUT2D eigenvalue weighted by atomic mass is 16.3. The summed E-state index contributed by atoms with van der Waals surface area (Å²) in [6.07, 6.45) is 18.5. The summed E-state index contributed by atoms with van der Waals surface area (Å²) in [5, 5.41) is 9.22. The summed E-state index contributed by atoms with van der Waals surface area (Å²) in [5.74, 6) is 3.46. The van der Waals surface area contributed by atoms with Crippen LogP contribution >= 0.6 is 0 Å². The Labute approximate surface area is 119 Å². The zero-order valence-electron chi connectivity index (χ0n) is 12.7. The smallest absolute Gasteiger partial charge is 0.0459 e. The molecule has 0 aromatic heterocycles. The SMILES string of the molecule is CCCC=C[C@H]1CC[C@H]([C@H]2CC[C@H](CO)CC2)CC1. The quantitative estimate of drug-likeness (QED) is 0.697. The molecule has 2 saturated carbocycles. The Morgan fingerprint density at radius 3 is 2.00 bits per heavy atom. The Morgan fingerprint density at radius 2 is 1.47 bits per heavy atom. The first-order valence-electron chi connectivity index (χ1n) is 8.61. The Bertz CT molecular complexity index is 255. The number of hydrogen-bond donors (Lipinski definition) is 1. The fraction of sp³-hybridized carbons (Fsp3) is 0.889. The molecule has 0 unspecified atom stereocenters. The van der Waals surface area contributed by atoms with Crippen LogP contribution < -0.4 is 0 Å². The van der Waals surface area contributed by atoms with E-state index in [0.717, 1.165) is 17.8 Å². The first kappa shape index (κ1) is 15.1. The molecule has 0 aromatic carbocycles. The van der Waals surface area contributed by atoms with Crippen LogP contribution in [-0.2, 0) is 0 Å². The van der Waals surface area contributed by atoms with Crippen LogP contribution in [0.15, 0.2) is 12.2 Å². The number of rotatable bonds is 5. The van der Waals surface area contributed by atoms with E-state index in [0.29, 0.717) is 12.5 Å². The zero-order chi connectivity index (χ0) is 13.5. The van der Waals surface area contributed by atoms with Crippen molar-refractivity contribution in [1.29, 1.82) is 0 Å². The Balaban J connectivity index is 1.68. The summed E-state index contributed by atoms with van der Waals surface area (Å²) >= 11 is 0. The van der Waals surface area contributed by atoms with Gasteiger partial charge in [0, 0.05) is 6.61 Å². The number of unbranched alkanes of at least 4 members (excludes halogenated alkanes) is 1. The second-order valence-electron chi connectivity index (χ2n) is 6.86. The highest BCUT2D eigenvalue weighted by Crippen LogP contribution is 2.41. The molecule has 1 heteroatoms. The molecule has 0 radical (unpaired) electrons. The van der Waals surface area contributed by atoms with E-state index in [2.05, 4.69) is 19.1 Å². The molecule has 110 valence electrons. The Kier molecular flexibility index (Phi) is 6.43. The maximum atomic E-state index is 9.22. The molecule has 1 N–H and O–H groups in total. The third kappa shape index (κ3) is 4.63. The second kappa shape index (κ2) is 8.09. The lowest BCUT2D eigenvalue weighted by molar-refractivity contribution is 0.122. The summed E-state index contributed by atoms with van der Waals surface area (Å²) in [5.41, 5.74) is 0. The minimum Gasteiger partial charge on any atom is -0.396 e. The van der Waals surface area contributed by atoms with Gasteiger partial charge >= 0.3 is 0 Å². The molecular weight excluding hydrogens is 232 g/mol. The molecule has 2 aliphatic carbocycles. The van der Waals surface area contributed by atoms with Crippen molar-refractivity contribution in [2.24, 2.45) is 23.7 Å². The van der Waals surface area contributed by atoms with E-state index in [-0.39, 0.29) is 0 Å². The zero-order valence-corrected chi connectivity index (χ0v) is 12.7. The van der Waals surface area contributed by atoms with Gasteiger partial charge in [0.1, 0.15) is 0 Å². The van der Waals surface area contributed by atoms with Crippen molar-refractivity contribution >= 4 is 0 Å². The largest absolute Gasteiger partial charge is 0.396 e. The van der Waals surface area contributed by atoms with Crippen LogP contribution in [0, 0.1) is 23.7 Å². The average Bonchev–Trinajstić information content (AvgIpc) is 2.48. The number of hydrogen-bond acceptors (Lipinski definition) is 1. The molecule has 0 amide bonds. The van der Waals surface area contributed by atoms with Gasteiger partial charge in [0.15, 0.2) is 0 Å². The van der Waals surface area contributed by atoms with Gasteiger partial charge < -0.3 is 5.11 Å². The molecule has 2 fully saturated rings. The van der Waals surface area contributed by atoms with Crippen molar-refractivity contribution in [3.63, 3.8) is 0 Å². The first-order valence-corrected chi connectivity index (χ1v) is 8.61. The normalized spacial score (nSPS) is 36.7. The van der Waals surface area contributed by atoms with Crippen molar-refractivity contribution in [2.75, 3.05) is 6.61 Å². The van der Waals surface area contributed by atoms with Gasteiger partial charge in [-0.15, -0.1) is 0 Å². The van der Waals surface area contributed by atoms with E-state index in [1.807, 2.05) is 0 Å². The van der Waals surface area contributed by atoms with Crippen LogP contribution in [0.25, 0.3) is 0 Å². The molecular formula is C18H32O. The minimum atomic E-state index is 0.418. The second-order valence-corrected chi connectivity index (χ2v) is 6.86. The molecule has 0 heterocycles. The summed E-state index contributed by atoms with van der Waals surface area (Å²) in [6.45, 7) is 2.67. The highest BCUT2D eigenvalue weighted by molar-refractivity contribution is 4.92. The fourth-order valence-corrected chi connectivity index (χ4v) is 4.11. The third-order valence-corrected chi connectivity index (χ3v) is 5.50. The van der Waals surface area contributed by atoms with E-state index in [1.54, 1.807) is 0 Å². The van der Waals surface area contributed by atoms with Crippen LogP contribution in [0.4, 0.5) is 0 Å². The van der Waals surface area contributed by atoms with Crippen molar-refractivity contribution < 1.29 is 5.11 Å². The van der Waals surface area contributed by atoms with Gasteiger partial charge in [-0.2, -0.15) is 0 Å². The van der Waals surface area contributed by atoms with Crippen molar-refractivity contribution in [2.45, 2.75) is 71.1 Å². The summed E-state index contributed by atoms with van der Waals surface area (Å²) < 4.78 is 0. The van der Waals surface area contributed by atoms with Gasteiger partial charge in [-0.25, -0.2) is 0 Å². The Hall–Kier alpha value is -0.300. The molecule has 1 nitrogen and oxygen atoms in total. The van der Waals surface area contributed by atoms with Crippen LogP contribution in [0.3, 0.4) is 0 Å². The highest BCUT2D eigenvalue weighted by Gasteiger charge is 2.29. The van der Waals surface area contributed by atoms with Crippen LogP contribution in [-0.4, -0.2) is 11.7 Å². The van der Waals surface area contributed by atoms with E-state index in [4.69, 9.17) is 0 Å². The van der Waals surface area contributed by atoms with E-state index >= 15 is 0 Å². The van der Waals surface area contributed by atoms with Crippen LogP contribution in [0.1, 0.15) is 71.1 Å². The summed E-state index contributed by atoms with van der Waals surface area (Å²) in [6, 6.07) is 0. The van der Waals surface area contributed by atoms with Gasteiger partial charge in [-0.05, 0) is 81.5 Å². The first-order chi connectivity index (χ1) is 9.33. The predicted octanol–water partition coefficient (Wildman–Crippen LogP) is 4.95. The molecule has 2 rings (SSSR count). The molecule has 0 spiro atoms. The number of allylic oxidation sites excluding steroid dienone is 2. The van der Waals surface area contributed by atoms with Crippen molar-refractivity contribution in [3.8, 4) is 0 Å². The molecule has 0 atom stereocenters. The van der Waals surface area contributed by atoms with Gasteiger partial charge in [-0.1, -0.05) is 25.5 Å². The summed E-state index contributed by atoms with van der Waals surface area (Å²) in [4.78, 5) is 0. The average molecular weight is 264 g/mol. The van der Waals surface area contributed by atoms with Crippen molar-refractivity contribution in [1.82, 2.24) is 0 Å². The lowest BCUT2D eigenvalue weighted by Gasteiger charge is -2.37. The van der Waals surface area contributed by atoms with Crippen LogP contribution in [0.2, 0.25) is 0 Å². The van der Waals surface area contributed by atoms with Gasteiger partial charge in [0.05, 0.1) is 0 Å². The van der Waals surface area contributed by atoms with E-state index < -0.39 is 0 Å². The molecule has 19 heavy (non-hydrogen) atoms. The standard InChI is InChI=1S/C18H32O/c1-2-3-4-5-15-6-10-17(11-7-15)18-12-8-16(14-19)9-13-18/h4-5,15-19H,2-3,6-14H2,1H3/t15-,16-,17-,18-. The molecule has 0 aromatic rings. The Morgan fingerprint density at radius 1 is 0.895 bits per heavy atom. The number of aliphatic hydroxyl groups excluding tert-OH is 1. The monoisotopic (exact) mass is 264 g/mol. The lowest BCUT2D eigenvalue weighted by Crippen LogP contribution is -2.26. The van der Waals surface area contributed by atoms with E-state index in [1.165, 1.54) is 64.2 Å². The minimum absolute atomic E-state index is 0.418. The summed E-state index contributed by atoms with van der Waals surface area (Å²) in [7, 11) is 0. The van der Waals surface area contributed by atoms with E-state index in [9.17, 15) is 5.11 Å². The maximum Gasteiger partial charge on any atom is 0.0459 e. The van der Waals surface area contributed by atoms with Gasteiger partial charge in [-0.3, -0.25) is 0 Å². The molecule has 0 saturated heterocycles. The number of aliphatic hydroxyl groups is 1. The fourth-order valence-electron chi connectivity index (χ4n) is 4.11. The van der Waals surface area contributed by atoms with Crippen LogP contribution in [0.5, 0.6) is 0 Å². The maximum absolute atomic E-state index is 9.22. The van der Waals surface area contributed by atoms with Gasteiger partial charge in [0.25, 0.3) is 0 Å². The molecule has 2 aliphatic rings. The van der Waals surface area contributed by atoms with Gasteiger partial charge in [0.2, 0.25) is 0 Å². The van der Waals surface area contributed by atoms with Crippen molar-refractivity contribution in [3.05, 3.63) is 12.2 Å². The third-order valence-electron chi connectivity index (χ3n) is 5.50.